The summed E-state index contributed by atoms with van der Waals surface area (Å²) < 4.78 is 6.66. The van der Waals surface area contributed by atoms with Crippen molar-refractivity contribution >= 4 is 21.6 Å². The monoisotopic (exact) mass is 308 g/mol. The summed E-state index contributed by atoms with van der Waals surface area (Å²) in [4.78, 5) is 2.29. The Kier molecular flexibility index (Phi) is 4.62. The van der Waals surface area contributed by atoms with Crippen molar-refractivity contribution in [2.45, 2.75) is 25.9 Å². The summed E-state index contributed by atoms with van der Waals surface area (Å²) in [7, 11) is 0. The third kappa shape index (κ3) is 3.04. The molecule has 1 unspecified atom stereocenters. The van der Waals surface area contributed by atoms with Gasteiger partial charge in [0, 0.05) is 24.2 Å². The molecular weight excluding hydrogens is 292 g/mol. The molecule has 1 fully saturated rings. The Morgan fingerprint density at radius 1 is 1.56 bits per heavy atom. The molecule has 4 heteroatoms. The van der Waals surface area contributed by atoms with Crippen LogP contribution in [0.1, 0.15) is 25.3 Å². The van der Waals surface area contributed by atoms with Gasteiger partial charge in [-0.3, -0.25) is 0 Å². The number of rotatable bonds is 4. The highest BCUT2D eigenvalue weighted by atomic mass is 79.9. The van der Waals surface area contributed by atoms with Crippen LogP contribution in [0.3, 0.4) is 0 Å². The van der Waals surface area contributed by atoms with Crippen LogP contribution < -0.4 is 4.90 Å². The Bertz CT molecular complexity index is 450. The van der Waals surface area contributed by atoms with Gasteiger partial charge in [0.15, 0.2) is 0 Å². The van der Waals surface area contributed by atoms with Gasteiger partial charge in [-0.2, -0.15) is 5.26 Å². The molecule has 0 bridgehead atoms. The van der Waals surface area contributed by atoms with E-state index in [4.69, 9.17) is 10.00 Å². The predicted octanol–water partition coefficient (Wildman–Crippen LogP) is 3.33. The number of nitrogens with zero attached hydrogens (tertiary/aromatic N) is 2. The van der Waals surface area contributed by atoms with Crippen molar-refractivity contribution < 1.29 is 4.74 Å². The van der Waals surface area contributed by atoms with Gasteiger partial charge >= 0.3 is 0 Å². The molecule has 0 radical (unpaired) electrons. The molecular formula is C14H17BrN2O. The predicted molar refractivity (Wildman–Crippen MR) is 75.7 cm³/mol. The lowest BCUT2D eigenvalue weighted by atomic mass is 10.2. The molecule has 2 rings (SSSR count). The lowest BCUT2D eigenvalue weighted by Crippen LogP contribution is -2.32. The Labute approximate surface area is 116 Å². The molecule has 0 saturated carbocycles. The van der Waals surface area contributed by atoms with Gasteiger partial charge in [-0.05, 0) is 53.9 Å². The van der Waals surface area contributed by atoms with E-state index in [1.54, 1.807) is 0 Å². The normalized spacial score (nSPS) is 18.6. The zero-order valence-electron chi connectivity index (χ0n) is 10.5. The van der Waals surface area contributed by atoms with Crippen LogP contribution in [0.15, 0.2) is 22.7 Å². The van der Waals surface area contributed by atoms with E-state index < -0.39 is 0 Å². The SMILES string of the molecule is CCN(CC1CCCO1)c1ccc(C#N)cc1Br. The molecule has 18 heavy (non-hydrogen) atoms. The smallest absolute Gasteiger partial charge is 0.0992 e. The Hall–Kier alpha value is -1.05. The average molecular weight is 309 g/mol. The minimum atomic E-state index is 0.340. The molecule has 0 aliphatic carbocycles. The number of hydrogen-bond donors (Lipinski definition) is 0. The fourth-order valence-corrected chi connectivity index (χ4v) is 2.89. The van der Waals surface area contributed by atoms with E-state index in [0.717, 1.165) is 42.7 Å². The van der Waals surface area contributed by atoms with E-state index in [9.17, 15) is 0 Å². The van der Waals surface area contributed by atoms with Gasteiger partial charge in [-0.1, -0.05) is 0 Å². The Morgan fingerprint density at radius 3 is 2.94 bits per heavy atom. The zero-order valence-corrected chi connectivity index (χ0v) is 12.1. The number of halogens is 1. The van der Waals surface area contributed by atoms with Crippen LogP contribution >= 0.6 is 15.9 Å². The maximum atomic E-state index is 8.87. The minimum absolute atomic E-state index is 0.340. The number of nitriles is 1. The van der Waals surface area contributed by atoms with E-state index in [-0.39, 0.29) is 0 Å². The van der Waals surface area contributed by atoms with Gasteiger partial charge in [0.05, 0.1) is 23.4 Å². The molecule has 1 aliphatic heterocycles. The summed E-state index contributed by atoms with van der Waals surface area (Å²) in [5.74, 6) is 0. The van der Waals surface area contributed by atoms with Crippen LogP contribution in [-0.4, -0.2) is 25.8 Å². The maximum absolute atomic E-state index is 8.87. The van der Waals surface area contributed by atoms with Crippen molar-refractivity contribution in [3.8, 4) is 6.07 Å². The van der Waals surface area contributed by atoms with Crippen LogP contribution in [0.4, 0.5) is 5.69 Å². The summed E-state index contributed by atoms with van der Waals surface area (Å²) in [6.07, 6.45) is 2.65. The lowest BCUT2D eigenvalue weighted by Gasteiger charge is -2.27. The van der Waals surface area contributed by atoms with E-state index in [1.165, 1.54) is 0 Å². The fraction of sp³-hybridized carbons (Fsp3) is 0.500. The molecule has 1 saturated heterocycles. The number of benzene rings is 1. The van der Waals surface area contributed by atoms with Crippen LogP contribution in [0, 0.1) is 11.3 Å². The van der Waals surface area contributed by atoms with Gasteiger partial charge in [0.1, 0.15) is 0 Å². The average Bonchev–Trinajstić information content (AvgIpc) is 2.89. The standard InChI is InChI=1S/C14H17BrN2O/c1-2-17(10-12-4-3-7-18-12)14-6-5-11(9-16)8-13(14)15/h5-6,8,12H,2-4,7,10H2,1H3. The first-order valence-electron chi connectivity index (χ1n) is 6.30. The molecule has 0 N–H and O–H groups in total. The topological polar surface area (TPSA) is 36.3 Å². The molecule has 0 aromatic heterocycles. The third-order valence-corrected chi connectivity index (χ3v) is 3.88. The second-order valence-electron chi connectivity index (χ2n) is 4.45. The summed E-state index contributed by atoms with van der Waals surface area (Å²) in [5, 5.41) is 8.87. The number of anilines is 1. The Balaban J connectivity index is 2.14. The quantitative estimate of drug-likeness (QED) is 0.856. The van der Waals surface area contributed by atoms with Crippen molar-refractivity contribution in [2.75, 3.05) is 24.6 Å². The summed E-state index contributed by atoms with van der Waals surface area (Å²) in [6.45, 7) is 4.88. The number of hydrogen-bond acceptors (Lipinski definition) is 3. The first-order valence-corrected chi connectivity index (χ1v) is 7.10. The van der Waals surface area contributed by atoms with Crippen molar-refractivity contribution in [3.63, 3.8) is 0 Å². The largest absolute Gasteiger partial charge is 0.376 e. The third-order valence-electron chi connectivity index (χ3n) is 3.25. The van der Waals surface area contributed by atoms with Crippen LogP contribution in [0.2, 0.25) is 0 Å². The van der Waals surface area contributed by atoms with Gasteiger partial charge in [-0.15, -0.1) is 0 Å². The van der Waals surface area contributed by atoms with Crippen LogP contribution in [0.25, 0.3) is 0 Å². The lowest BCUT2D eigenvalue weighted by molar-refractivity contribution is 0.115. The van der Waals surface area contributed by atoms with Crippen molar-refractivity contribution in [1.29, 1.82) is 5.26 Å². The highest BCUT2D eigenvalue weighted by molar-refractivity contribution is 9.10. The highest BCUT2D eigenvalue weighted by Crippen LogP contribution is 2.28. The number of ether oxygens (including phenoxy) is 1. The maximum Gasteiger partial charge on any atom is 0.0992 e. The van der Waals surface area contributed by atoms with Crippen LogP contribution in [-0.2, 0) is 4.74 Å². The summed E-state index contributed by atoms with van der Waals surface area (Å²) in [5.41, 5.74) is 1.81. The zero-order chi connectivity index (χ0) is 13.0. The Morgan fingerprint density at radius 2 is 2.39 bits per heavy atom. The van der Waals surface area contributed by atoms with E-state index in [1.807, 2.05) is 18.2 Å². The van der Waals surface area contributed by atoms with Crippen molar-refractivity contribution in [2.24, 2.45) is 0 Å². The molecule has 3 nitrogen and oxygen atoms in total. The minimum Gasteiger partial charge on any atom is -0.376 e. The van der Waals surface area contributed by atoms with Gasteiger partial charge in [0.25, 0.3) is 0 Å². The molecule has 1 aromatic carbocycles. The molecule has 1 aliphatic rings. The summed E-state index contributed by atoms with van der Waals surface area (Å²) in [6, 6.07) is 7.88. The second-order valence-corrected chi connectivity index (χ2v) is 5.31. The molecule has 0 amide bonds. The summed E-state index contributed by atoms with van der Waals surface area (Å²) >= 11 is 3.55. The van der Waals surface area contributed by atoms with E-state index in [0.29, 0.717) is 11.7 Å². The van der Waals surface area contributed by atoms with Crippen molar-refractivity contribution in [3.05, 3.63) is 28.2 Å². The van der Waals surface area contributed by atoms with E-state index >= 15 is 0 Å². The molecule has 1 heterocycles. The molecule has 1 atom stereocenters. The second kappa shape index (κ2) is 6.21. The first kappa shape index (κ1) is 13.4. The van der Waals surface area contributed by atoms with Crippen LogP contribution in [0.5, 0.6) is 0 Å². The van der Waals surface area contributed by atoms with Gasteiger partial charge in [-0.25, -0.2) is 0 Å². The fourth-order valence-electron chi connectivity index (χ4n) is 2.26. The first-order chi connectivity index (χ1) is 8.74. The highest BCUT2D eigenvalue weighted by Gasteiger charge is 2.19. The molecule has 0 spiro atoms. The number of likely N-dealkylation sites (N-methyl/N-ethyl adjacent to an activating group) is 1. The van der Waals surface area contributed by atoms with Gasteiger partial charge < -0.3 is 9.64 Å². The van der Waals surface area contributed by atoms with E-state index in [2.05, 4.69) is 33.8 Å². The molecule has 96 valence electrons. The van der Waals surface area contributed by atoms with Crippen molar-refractivity contribution in [1.82, 2.24) is 0 Å². The molecule has 1 aromatic rings. The van der Waals surface area contributed by atoms with Gasteiger partial charge in [0.2, 0.25) is 0 Å².